The number of pyridine rings is 1. The Kier molecular flexibility index (Phi) is 6.94. The Morgan fingerprint density at radius 2 is 1.89 bits per heavy atom. The molecule has 1 aliphatic rings. The maximum Gasteiger partial charge on any atom is 0.316 e. The molecule has 0 radical (unpaired) electrons. The van der Waals surface area contributed by atoms with Crippen LogP contribution in [-0.4, -0.2) is 44.9 Å². The van der Waals surface area contributed by atoms with Crippen molar-refractivity contribution in [2.75, 3.05) is 19.5 Å². The molecule has 0 aliphatic heterocycles. The Bertz CT molecular complexity index is 1460. The molecule has 38 heavy (non-hydrogen) atoms. The third kappa shape index (κ3) is 4.77. The van der Waals surface area contributed by atoms with Gasteiger partial charge < -0.3 is 14.8 Å². The number of hydrogen-bond donors (Lipinski definition) is 1. The molecular formula is C29H32N6O3. The topological polar surface area (TPSA) is 104 Å². The van der Waals surface area contributed by atoms with E-state index in [0.29, 0.717) is 12.4 Å². The van der Waals surface area contributed by atoms with Crippen LogP contribution in [0.2, 0.25) is 0 Å². The van der Waals surface area contributed by atoms with E-state index < -0.39 is 5.41 Å². The van der Waals surface area contributed by atoms with Gasteiger partial charge in [0.2, 0.25) is 0 Å². The van der Waals surface area contributed by atoms with Gasteiger partial charge in [0.05, 0.1) is 48.5 Å². The maximum absolute atomic E-state index is 12.4. The van der Waals surface area contributed by atoms with Crippen LogP contribution in [0.4, 0.5) is 11.6 Å². The number of methoxy groups -OCH3 is 2. The van der Waals surface area contributed by atoms with Gasteiger partial charge in [0.15, 0.2) is 0 Å². The van der Waals surface area contributed by atoms with E-state index in [1.807, 2.05) is 37.5 Å². The molecule has 3 heterocycles. The second kappa shape index (κ2) is 10.3. The summed E-state index contributed by atoms with van der Waals surface area (Å²) in [6.07, 6.45) is 8.73. The Morgan fingerprint density at radius 1 is 1.08 bits per heavy atom. The molecule has 5 rings (SSSR count). The number of aromatic nitrogens is 5. The van der Waals surface area contributed by atoms with Gasteiger partial charge in [-0.05, 0) is 41.5 Å². The van der Waals surface area contributed by atoms with Gasteiger partial charge in [-0.2, -0.15) is 5.10 Å². The van der Waals surface area contributed by atoms with Gasteiger partial charge in [-0.25, -0.2) is 4.98 Å². The first-order valence-corrected chi connectivity index (χ1v) is 12.6. The van der Waals surface area contributed by atoms with Crippen molar-refractivity contribution in [3.63, 3.8) is 0 Å². The van der Waals surface area contributed by atoms with Crippen molar-refractivity contribution in [3.05, 3.63) is 71.9 Å². The minimum Gasteiger partial charge on any atom is -0.468 e. The predicted octanol–water partition coefficient (Wildman–Crippen LogP) is 5.16. The molecule has 1 fully saturated rings. The monoisotopic (exact) mass is 512 g/mol. The fourth-order valence-corrected chi connectivity index (χ4v) is 4.71. The van der Waals surface area contributed by atoms with Crippen LogP contribution in [0.5, 0.6) is 0 Å². The number of hydrogen-bond acceptors (Lipinski definition) is 8. The van der Waals surface area contributed by atoms with Crippen LogP contribution in [0.15, 0.2) is 55.1 Å². The Morgan fingerprint density at radius 3 is 2.55 bits per heavy atom. The lowest BCUT2D eigenvalue weighted by Crippen LogP contribution is -2.22. The normalized spacial score (nSPS) is 13.9. The van der Waals surface area contributed by atoms with Crippen LogP contribution in [0.25, 0.3) is 22.4 Å². The fraction of sp³-hybridized carbons (Fsp3) is 0.345. The van der Waals surface area contributed by atoms with Gasteiger partial charge >= 0.3 is 5.97 Å². The highest BCUT2D eigenvalue weighted by Crippen LogP contribution is 2.50. The minimum absolute atomic E-state index is 0.178. The number of anilines is 2. The largest absolute Gasteiger partial charge is 0.468 e. The summed E-state index contributed by atoms with van der Waals surface area (Å²) in [5, 5.41) is 7.80. The zero-order valence-electron chi connectivity index (χ0n) is 22.4. The molecule has 0 amide bonds. The fourth-order valence-electron chi connectivity index (χ4n) is 4.71. The molecule has 9 nitrogen and oxygen atoms in total. The lowest BCUT2D eigenvalue weighted by molar-refractivity contribution is -0.143. The van der Waals surface area contributed by atoms with E-state index in [9.17, 15) is 4.79 Å². The zero-order chi connectivity index (χ0) is 26.9. The van der Waals surface area contributed by atoms with Crippen LogP contribution in [0.1, 0.15) is 49.4 Å². The lowest BCUT2D eigenvalue weighted by atomic mass is 9.90. The molecule has 1 aliphatic carbocycles. The second-order valence-corrected chi connectivity index (χ2v) is 9.95. The number of carbonyl (C=O) groups is 1. The van der Waals surface area contributed by atoms with Gasteiger partial charge in [0.1, 0.15) is 11.6 Å². The molecule has 0 atom stereocenters. The SMILES string of the molecule is COCc1cc(C2(C(=O)OC)CC2)ccc1-c1ccc(-c2cnn(C)c2Nc2cncc(C(C)C)n2)nc1. The number of carbonyl (C=O) groups excluding carboxylic acids is 1. The van der Waals surface area contributed by atoms with Gasteiger partial charge in [0, 0.05) is 32.1 Å². The Labute approximate surface area is 222 Å². The predicted molar refractivity (Wildman–Crippen MR) is 145 cm³/mol. The van der Waals surface area contributed by atoms with E-state index in [1.54, 1.807) is 30.4 Å². The van der Waals surface area contributed by atoms with Gasteiger partial charge in [-0.3, -0.25) is 19.4 Å². The molecule has 0 saturated heterocycles. The first kappa shape index (κ1) is 25.5. The number of nitrogens with zero attached hydrogens (tertiary/aromatic N) is 5. The number of benzene rings is 1. The summed E-state index contributed by atoms with van der Waals surface area (Å²) in [4.78, 5) is 26.2. The summed E-state index contributed by atoms with van der Waals surface area (Å²) in [6.45, 7) is 4.60. The number of ether oxygens (including phenoxy) is 2. The summed E-state index contributed by atoms with van der Waals surface area (Å²) in [5.74, 6) is 1.53. The maximum atomic E-state index is 12.4. The first-order valence-electron chi connectivity index (χ1n) is 12.6. The van der Waals surface area contributed by atoms with E-state index in [0.717, 1.165) is 57.9 Å². The van der Waals surface area contributed by atoms with Crippen LogP contribution in [-0.2, 0) is 33.3 Å². The average Bonchev–Trinajstić information content (AvgIpc) is 3.67. The minimum atomic E-state index is -0.527. The molecule has 1 N–H and O–H groups in total. The highest BCUT2D eigenvalue weighted by atomic mass is 16.5. The quantitative estimate of drug-likeness (QED) is 0.307. The summed E-state index contributed by atoms with van der Waals surface area (Å²) in [6, 6.07) is 10.1. The van der Waals surface area contributed by atoms with E-state index in [1.165, 1.54) is 7.11 Å². The van der Waals surface area contributed by atoms with Gasteiger partial charge in [-0.15, -0.1) is 0 Å². The molecule has 0 bridgehead atoms. The zero-order valence-corrected chi connectivity index (χ0v) is 22.4. The van der Waals surface area contributed by atoms with Crippen LogP contribution in [0, 0.1) is 0 Å². The molecule has 1 aromatic carbocycles. The van der Waals surface area contributed by atoms with Crippen LogP contribution >= 0.6 is 0 Å². The standard InChI is InChI=1S/C29H32N6O3/c1-18(2)25-15-30-16-26(33-25)34-27-23(14-32-35(27)3)24-9-6-19(13-31-24)22-8-7-21(12-20(22)17-37-4)29(10-11-29)28(36)38-5/h6-9,12-16,18H,10-11,17H2,1-5H3,(H,33,34). The van der Waals surface area contributed by atoms with E-state index in [-0.39, 0.29) is 11.9 Å². The molecular weight excluding hydrogens is 480 g/mol. The molecule has 1 saturated carbocycles. The van der Waals surface area contributed by atoms with Crippen molar-refractivity contribution in [2.24, 2.45) is 7.05 Å². The summed E-state index contributed by atoms with van der Waals surface area (Å²) >= 11 is 0. The second-order valence-electron chi connectivity index (χ2n) is 9.95. The van der Waals surface area contributed by atoms with Gasteiger partial charge in [0.25, 0.3) is 0 Å². The van der Waals surface area contributed by atoms with Crippen molar-refractivity contribution < 1.29 is 14.3 Å². The highest BCUT2D eigenvalue weighted by Gasteiger charge is 2.52. The van der Waals surface area contributed by atoms with Crippen molar-refractivity contribution in [1.29, 1.82) is 0 Å². The molecule has 9 heteroatoms. The van der Waals surface area contributed by atoms with Crippen molar-refractivity contribution in [2.45, 2.75) is 44.6 Å². The number of aryl methyl sites for hydroxylation is 1. The summed E-state index contributed by atoms with van der Waals surface area (Å²) in [7, 11) is 4.99. The van der Waals surface area contributed by atoms with E-state index in [4.69, 9.17) is 14.5 Å². The van der Waals surface area contributed by atoms with Crippen molar-refractivity contribution in [1.82, 2.24) is 24.7 Å². The molecule has 4 aromatic rings. The van der Waals surface area contributed by atoms with Crippen molar-refractivity contribution >= 4 is 17.6 Å². The summed E-state index contributed by atoms with van der Waals surface area (Å²) < 4.78 is 12.3. The average molecular weight is 513 g/mol. The van der Waals surface area contributed by atoms with E-state index in [2.05, 4.69) is 40.3 Å². The third-order valence-corrected chi connectivity index (χ3v) is 7.06. The molecule has 0 unspecified atom stereocenters. The number of rotatable bonds is 9. The van der Waals surface area contributed by atoms with Crippen molar-refractivity contribution in [3.8, 4) is 22.4 Å². The van der Waals surface area contributed by atoms with E-state index >= 15 is 0 Å². The first-order chi connectivity index (χ1) is 18.4. The smallest absolute Gasteiger partial charge is 0.316 e. The Balaban J connectivity index is 1.44. The summed E-state index contributed by atoms with van der Waals surface area (Å²) in [5.41, 5.74) is 5.98. The number of esters is 1. The Hall–Kier alpha value is -4.11. The molecule has 196 valence electrons. The van der Waals surface area contributed by atoms with Crippen LogP contribution in [0.3, 0.4) is 0 Å². The number of nitrogens with one attached hydrogen (secondary N) is 1. The van der Waals surface area contributed by atoms with Gasteiger partial charge in [-0.1, -0.05) is 38.1 Å². The lowest BCUT2D eigenvalue weighted by Gasteiger charge is -2.17. The molecule has 3 aromatic heterocycles. The highest BCUT2D eigenvalue weighted by molar-refractivity contribution is 5.87. The van der Waals surface area contributed by atoms with Crippen LogP contribution < -0.4 is 5.32 Å². The molecule has 0 spiro atoms. The third-order valence-electron chi connectivity index (χ3n) is 7.06.